The van der Waals surface area contributed by atoms with Crippen LogP contribution in [0.25, 0.3) is 10.9 Å². The minimum Gasteiger partial charge on any atom is -0.312 e. The number of H-pyrrole nitrogens is 1. The lowest BCUT2D eigenvalue weighted by Gasteiger charge is -2.14. The van der Waals surface area contributed by atoms with Crippen molar-refractivity contribution in [3.8, 4) is 0 Å². The highest BCUT2D eigenvalue weighted by Gasteiger charge is 2.08. The van der Waals surface area contributed by atoms with Gasteiger partial charge in [0.2, 0.25) is 0 Å². The Labute approximate surface area is 95.8 Å². The van der Waals surface area contributed by atoms with E-state index >= 15 is 0 Å². The number of hydrogen-bond acceptors (Lipinski definition) is 3. The van der Waals surface area contributed by atoms with Crippen molar-refractivity contribution in [3.63, 3.8) is 0 Å². The van der Waals surface area contributed by atoms with Gasteiger partial charge in [0.1, 0.15) is 0 Å². The Morgan fingerprint density at radius 1 is 1.31 bits per heavy atom. The van der Waals surface area contributed by atoms with Gasteiger partial charge < -0.3 is 9.99 Å². The number of aromatic nitrogens is 2. The SMILES string of the molecule is CN(C)n1c(=O)[nH]c2ccc(Cl)cc2c1=O. The molecule has 1 aromatic heterocycles. The molecule has 0 amide bonds. The van der Waals surface area contributed by atoms with Crippen molar-refractivity contribution in [1.29, 1.82) is 0 Å². The number of fused-ring (bicyclic) bond motifs is 1. The van der Waals surface area contributed by atoms with Gasteiger partial charge in [-0.1, -0.05) is 11.6 Å². The van der Waals surface area contributed by atoms with E-state index in [0.29, 0.717) is 15.9 Å². The topological polar surface area (TPSA) is 58.1 Å². The molecule has 1 heterocycles. The Hall–Kier alpha value is -1.75. The second-order valence-corrected chi connectivity index (χ2v) is 4.02. The number of rotatable bonds is 1. The third-order valence-corrected chi connectivity index (χ3v) is 2.47. The molecule has 2 rings (SSSR count). The Kier molecular flexibility index (Phi) is 2.47. The van der Waals surface area contributed by atoms with Crippen molar-refractivity contribution in [2.45, 2.75) is 0 Å². The van der Waals surface area contributed by atoms with Gasteiger partial charge in [-0.05, 0) is 18.2 Å². The molecule has 0 aliphatic rings. The molecule has 6 heteroatoms. The van der Waals surface area contributed by atoms with E-state index in [4.69, 9.17) is 11.6 Å². The molecule has 0 unspecified atom stereocenters. The van der Waals surface area contributed by atoms with Gasteiger partial charge in [-0.25, -0.2) is 4.79 Å². The third-order valence-electron chi connectivity index (χ3n) is 2.24. The van der Waals surface area contributed by atoms with Crippen molar-refractivity contribution in [1.82, 2.24) is 9.66 Å². The highest BCUT2D eigenvalue weighted by atomic mass is 35.5. The second-order valence-electron chi connectivity index (χ2n) is 3.58. The van der Waals surface area contributed by atoms with E-state index in [0.717, 1.165) is 4.68 Å². The average Bonchev–Trinajstić information content (AvgIpc) is 2.19. The van der Waals surface area contributed by atoms with Crippen LogP contribution in [0.4, 0.5) is 0 Å². The maximum Gasteiger partial charge on any atom is 0.347 e. The van der Waals surface area contributed by atoms with Crippen LogP contribution in [-0.2, 0) is 0 Å². The van der Waals surface area contributed by atoms with Gasteiger partial charge >= 0.3 is 5.69 Å². The molecule has 1 N–H and O–H groups in total. The van der Waals surface area contributed by atoms with Gasteiger partial charge in [0.25, 0.3) is 5.56 Å². The fourth-order valence-corrected chi connectivity index (χ4v) is 1.71. The molecule has 0 aliphatic carbocycles. The Bertz CT molecular complexity index is 657. The number of nitrogens with zero attached hydrogens (tertiary/aromatic N) is 2. The number of nitrogens with one attached hydrogen (secondary N) is 1. The molecule has 0 fully saturated rings. The molecule has 0 bridgehead atoms. The molecule has 0 radical (unpaired) electrons. The quantitative estimate of drug-likeness (QED) is 0.790. The lowest BCUT2D eigenvalue weighted by molar-refractivity contribution is 0.662. The fourth-order valence-electron chi connectivity index (χ4n) is 1.54. The second kappa shape index (κ2) is 3.68. The van der Waals surface area contributed by atoms with Crippen molar-refractivity contribution in [2.24, 2.45) is 0 Å². The molecule has 16 heavy (non-hydrogen) atoms. The van der Waals surface area contributed by atoms with Crippen molar-refractivity contribution < 1.29 is 0 Å². The molecule has 0 spiro atoms. The van der Waals surface area contributed by atoms with Gasteiger partial charge in [0.15, 0.2) is 0 Å². The van der Waals surface area contributed by atoms with Crippen LogP contribution in [0.5, 0.6) is 0 Å². The van der Waals surface area contributed by atoms with Crippen LogP contribution < -0.4 is 16.3 Å². The molecule has 0 saturated heterocycles. The first-order chi connectivity index (χ1) is 7.50. The highest BCUT2D eigenvalue weighted by Crippen LogP contribution is 2.13. The summed E-state index contributed by atoms with van der Waals surface area (Å²) in [5.74, 6) is 0. The molecule has 0 aliphatic heterocycles. The molecule has 5 nitrogen and oxygen atoms in total. The summed E-state index contributed by atoms with van der Waals surface area (Å²) >= 11 is 5.81. The summed E-state index contributed by atoms with van der Waals surface area (Å²) in [5, 5.41) is 2.27. The van der Waals surface area contributed by atoms with Crippen molar-refractivity contribution >= 4 is 22.5 Å². The summed E-state index contributed by atoms with van der Waals surface area (Å²) < 4.78 is 1.01. The zero-order valence-electron chi connectivity index (χ0n) is 8.82. The lowest BCUT2D eigenvalue weighted by Crippen LogP contribution is -2.46. The van der Waals surface area contributed by atoms with Crippen LogP contribution in [0.3, 0.4) is 0 Å². The monoisotopic (exact) mass is 239 g/mol. The van der Waals surface area contributed by atoms with Crippen LogP contribution in [0.15, 0.2) is 27.8 Å². The normalized spacial score (nSPS) is 10.7. The lowest BCUT2D eigenvalue weighted by atomic mass is 10.2. The van der Waals surface area contributed by atoms with Crippen LogP contribution in [0.2, 0.25) is 5.02 Å². The number of benzene rings is 1. The van der Waals surface area contributed by atoms with Crippen molar-refractivity contribution in [3.05, 3.63) is 44.1 Å². The number of hydrogen-bond donors (Lipinski definition) is 1. The van der Waals surface area contributed by atoms with E-state index in [1.165, 1.54) is 11.1 Å². The predicted octanol–water partition coefficient (Wildman–Crippen LogP) is 0.541. The largest absolute Gasteiger partial charge is 0.347 e. The number of halogens is 1. The van der Waals surface area contributed by atoms with E-state index in [9.17, 15) is 9.59 Å². The standard InChI is InChI=1S/C10H10ClN3O2/c1-13(2)14-9(15)7-5-6(11)3-4-8(7)12-10(14)16/h3-5H,1-2H3,(H,12,16). The fraction of sp³-hybridized carbons (Fsp3) is 0.200. The minimum absolute atomic E-state index is 0.383. The maximum absolute atomic E-state index is 12.0. The summed E-state index contributed by atoms with van der Waals surface area (Å²) in [4.78, 5) is 26.2. The summed E-state index contributed by atoms with van der Waals surface area (Å²) in [6.45, 7) is 0. The summed E-state index contributed by atoms with van der Waals surface area (Å²) in [6, 6.07) is 4.77. The van der Waals surface area contributed by atoms with E-state index in [-0.39, 0.29) is 5.56 Å². The van der Waals surface area contributed by atoms with E-state index in [2.05, 4.69) is 4.98 Å². The average molecular weight is 240 g/mol. The zero-order chi connectivity index (χ0) is 11.9. The minimum atomic E-state index is -0.468. The van der Waals surface area contributed by atoms with Crippen molar-refractivity contribution in [2.75, 3.05) is 19.1 Å². The van der Waals surface area contributed by atoms with Crippen LogP contribution in [0, 0.1) is 0 Å². The molecule has 1 aromatic carbocycles. The van der Waals surface area contributed by atoms with Gasteiger partial charge in [-0.3, -0.25) is 4.79 Å². The van der Waals surface area contributed by atoms with Gasteiger partial charge in [-0.15, -0.1) is 0 Å². The van der Waals surface area contributed by atoms with E-state index < -0.39 is 5.69 Å². The first kappa shape index (κ1) is 10.8. The van der Waals surface area contributed by atoms with Crippen LogP contribution in [0.1, 0.15) is 0 Å². The summed E-state index contributed by atoms with van der Waals surface area (Å²) in [7, 11) is 3.24. The zero-order valence-corrected chi connectivity index (χ0v) is 9.58. The molecule has 84 valence electrons. The molecular formula is C10H10ClN3O2. The van der Waals surface area contributed by atoms with E-state index in [1.54, 1.807) is 26.2 Å². The van der Waals surface area contributed by atoms with Crippen LogP contribution >= 0.6 is 11.6 Å². The molecule has 0 atom stereocenters. The Morgan fingerprint density at radius 3 is 2.62 bits per heavy atom. The third kappa shape index (κ3) is 1.59. The molecule has 0 saturated carbocycles. The molecular weight excluding hydrogens is 230 g/mol. The number of aromatic amines is 1. The maximum atomic E-state index is 12.0. The Morgan fingerprint density at radius 2 is 2.00 bits per heavy atom. The summed E-state index contributed by atoms with van der Waals surface area (Å²) in [6.07, 6.45) is 0. The Balaban J connectivity index is 2.97. The van der Waals surface area contributed by atoms with E-state index in [1.807, 2.05) is 0 Å². The van der Waals surface area contributed by atoms with Gasteiger partial charge in [-0.2, -0.15) is 4.68 Å². The smallest absolute Gasteiger partial charge is 0.312 e. The van der Waals surface area contributed by atoms with Gasteiger partial charge in [0, 0.05) is 19.1 Å². The molecule has 2 aromatic rings. The van der Waals surface area contributed by atoms with Crippen LogP contribution in [-0.4, -0.2) is 23.8 Å². The highest BCUT2D eigenvalue weighted by molar-refractivity contribution is 6.31. The predicted molar refractivity (Wildman–Crippen MR) is 63.9 cm³/mol. The van der Waals surface area contributed by atoms with Gasteiger partial charge in [0.05, 0.1) is 10.9 Å². The first-order valence-electron chi connectivity index (χ1n) is 4.63. The summed E-state index contributed by atoms with van der Waals surface area (Å²) in [5.41, 5.74) is -0.367. The first-order valence-corrected chi connectivity index (χ1v) is 5.00.